The zero-order valence-corrected chi connectivity index (χ0v) is 14.4. The Kier molecular flexibility index (Phi) is 3.82. The summed E-state index contributed by atoms with van der Waals surface area (Å²) < 4.78 is 0. The van der Waals surface area contributed by atoms with Crippen molar-refractivity contribution in [1.29, 1.82) is 0 Å². The number of hydrogen-bond donors (Lipinski definition) is 1. The molecule has 2 fully saturated rings. The number of rotatable bonds is 2. The van der Waals surface area contributed by atoms with Crippen molar-refractivity contribution in [3.63, 3.8) is 0 Å². The second kappa shape index (κ2) is 6.02. The minimum absolute atomic E-state index is 0.0209. The Hall–Kier alpha value is -2.63. The van der Waals surface area contributed by atoms with E-state index in [0.29, 0.717) is 5.95 Å². The number of nitrogen functional groups attached to an aromatic ring is 1. The van der Waals surface area contributed by atoms with Gasteiger partial charge < -0.3 is 15.5 Å². The number of nitrogens with zero attached hydrogens (tertiary/aromatic N) is 4. The molecule has 2 aliphatic heterocycles. The number of likely N-dealkylation sites (tertiary alicyclic amines) is 1. The molecule has 0 unspecified atom stereocenters. The summed E-state index contributed by atoms with van der Waals surface area (Å²) in [6.45, 7) is 1.74. The largest absolute Gasteiger partial charge is 0.368 e. The molecule has 1 aromatic carbocycles. The Balaban J connectivity index is 1.51. The van der Waals surface area contributed by atoms with Gasteiger partial charge in [0.05, 0.1) is 5.92 Å². The molecule has 0 radical (unpaired) electrons. The van der Waals surface area contributed by atoms with Crippen LogP contribution in [0.4, 0.5) is 11.8 Å². The van der Waals surface area contributed by atoms with Crippen LogP contribution in [0.1, 0.15) is 30.7 Å². The van der Waals surface area contributed by atoms with Crippen LogP contribution in [0, 0.1) is 0 Å². The van der Waals surface area contributed by atoms with Crippen LogP contribution in [0.3, 0.4) is 0 Å². The Labute approximate surface area is 147 Å². The monoisotopic (exact) mass is 337 g/mol. The van der Waals surface area contributed by atoms with Crippen molar-refractivity contribution in [3.05, 3.63) is 48.2 Å². The lowest BCUT2D eigenvalue weighted by molar-refractivity contribution is -0.131. The molecule has 4 rings (SSSR count). The van der Waals surface area contributed by atoms with Crippen LogP contribution in [0.2, 0.25) is 0 Å². The van der Waals surface area contributed by atoms with E-state index < -0.39 is 0 Å². The molecule has 6 heteroatoms. The van der Waals surface area contributed by atoms with E-state index in [-0.39, 0.29) is 17.4 Å². The Bertz CT molecular complexity index is 770. The van der Waals surface area contributed by atoms with Crippen LogP contribution in [-0.2, 0) is 4.79 Å². The molecule has 0 saturated carbocycles. The van der Waals surface area contributed by atoms with E-state index in [4.69, 9.17) is 5.73 Å². The number of piperidine rings is 1. The summed E-state index contributed by atoms with van der Waals surface area (Å²) in [7, 11) is 1.96. The standard InChI is InChI=1S/C19H23N5O/c1-23-17(25)15(14-5-3-2-4-6-14)13-19(23)8-11-24(12-9-19)16-7-10-21-18(20)22-16/h2-7,10,15H,8-9,11-13H2,1H3,(H2,20,21,22)/t15-/m0/s1. The van der Waals surface area contributed by atoms with E-state index in [0.717, 1.165) is 43.7 Å². The molecule has 2 aromatic rings. The molecular formula is C19H23N5O. The first-order valence-electron chi connectivity index (χ1n) is 8.75. The third-order valence-electron chi connectivity index (χ3n) is 5.80. The highest BCUT2D eigenvalue weighted by atomic mass is 16.2. The van der Waals surface area contributed by atoms with Crippen molar-refractivity contribution in [3.8, 4) is 0 Å². The Morgan fingerprint density at radius 1 is 1.16 bits per heavy atom. The number of aromatic nitrogens is 2. The van der Waals surface area contributed by atoms with E-state index in [9.17, 15) is 4.79 Å². The zero-order valence-electron chi connectivity index (χ0n) is 14.4. The fourth-order valence-electron chi connectivity index (χ4n) is 4.25. The van der Waals surface area contributed by atoms with Crippen molar-refractivity contribution in [1.82, 2.24) is 14.9 Å². The summed E-state index contributed by atoms with van der Waals surface area (Å²) in [6.07, 6.45) is 4.48. The average Bonchev–Trinajstić information content (AvgIpc) is 2.89. The predicted octanol–water partition coefficient (Wildman–Crippen LogP) is 2.04. The second-order valence-corrected chi connectivity index (χ2v) is 7.05. The average molecular weight is 337 g/mol. The van der Waals surface area contributed by atoms with Crippen LogP contribution in [0.15, 0.2) is 42.6 Å². The number of amides is 1. The predicted molar refractivity (Wildman–Crippen MR) is 97.2 cm³/mol. The molecule has 2 saturated heterocycles. The van der Waals surface area contributed by atoms with Gasteiger partial charge in [-0.3, -0.25) is 4.79 Å². The number of anilines is 2. The number of hydrogen-bond acceptors (Lipinski definition) is 5. The van der Waals surface area contributed by atoms with Gasteiger partial charge in [0.2, 0.25) is 11.9 Å². The molecule has 1 atom stereocenters. The van der Waals surface area contributed by atoms with E-state index in [1.54, 1.807) is 6.20 Å². The van der Waals surface area contributed by atoms with Gasteiger partial charge in [0.25, 0.3) is 0 Å². The topological polar surface area (TPSA) is 75.4 Å². The molecule has 1 aromatic heterocycles. The molecule has 6 nitrogen and oxygen atoms in total. The van der Waals surface area contributed by atoms with E-state index >= 15 is 0 Å². The van der Waals surface area contributed by atoms with Gasteiger partial charge >= 0.3 is 0 Å². The van der Waals surface area contributed by atoms with Crippen molar-refractivity contribution in [2.24, 2.45) is 0 Å². The van der Waals surface area contributed by atoms with Crippen molar-refractivity contribution in [2.45, 2.75) is 30.7 Å². The maximum absolute atomic E-state index is 12.9. The lowest BCUT2D eigenvalue weighted by atomic mass is 9.81. The number of benzene rings is 1. The van der Waals surface area contributed by atoms with Gasteiger partial charge in [-0.15, -0.1) is 0 Å². The molecule has 2 aliphatic rings. The molecule has 0 bridgehead atoms. The third-order valence-corrected chi connectivity index (χ3v) is 5.80. The SMILES string of the molecule is CN1C(=O)[C@H](c2ccccc2)CC12CCN(c1ccnc(N)n1)CC2. The highest BCUT2D eigenvalue weighted by Crippen LogP contribution is 2.45. The van der Waals surface area contributed by atoms with Crippen LogP contribution >= 0.6 is 0 Å². The van der Waals surface area contributed by atoms with Crippen molar-refractivity contribution < 1.29 is 4.79 Å². The number of carbonyl (C=O) groups excluding carboxylic acids is 1. The summed E-state index contributed by atoms with van der Waals surface area (Å²) >= 11 is 0. The van der Waals surface area contributed by atoms with Crippen LogP contribution < -0.4 is 10.6 Å². The summed E-state index contributed by atoms with van der Waals surface area (Å²) in [5.74, 6) is 1.39. The van der Waals surface area contributed by atoms with Crippen molar-refractivity contribution in [2.75, 3.05) is 30.8 Å². The highest BCUT2D eigenvalue weighted by Gasteiger charge is 2.50. The van der Waals surface area contributed by atoms with Crippen LogP contribution in [0.5, 0.6) is 0 Å². The fraction of sp³-hybridized carbons (Fsp3) is 0.421. The first kappa shape index (κ1) is 15.9. The number of likely N-dealkylation sites (N-methyl/N-ethyl adjacent to an activating group) is 1. The van der Waals surface area contributed by atoms with E-state index in [1.165, 1.54) is 0 Å². The quantitative estimate of drug-likeness (QED) is 0.908. The molecule has 1 amide bonds. The van der Waals surface area contributed by atoms with Gasteiger partial charge in [-0.1, -0.05) is 30.3 Å². The minimum atomic E-state index is -0.0489. The minimum Gasteiger partial charge on any atom is -0.368 e. The maximum Gasteiger partial charge on any atom is 0.230 e. The van der Waals surface area contributed by atoms with Crippen molar-refractivity contribution >= 4 is 17.7 Å². The fourth-order valence-corrected chi connectivity index (χ4v) is 4.25. The van der Waals surface area contributed by atoms with Gasteiger partial charge in [-0.05, 0) is 30.9 Å². The van der Waals surface area contributed by atoms with Crippen LogP contribution in [-0.4, -0.2) is 46.5 Å². The smallest absolute Gasteiger partial charge is 0.230 e. The van der Waals surface area contributed by atoms with Crippen LogP contribution in [0.25, 0.3) is 0 Å². The molecule has 0 aliphatic carbocycles. The normalized spacial score (nSPS) is 22.6. The van der Waals surface area contributed by atoms with E-state index in [1.807, 2.05) is 36.2 Å². The van der Waals surface area contributed by atoms with Gasteiger partial charge in [-0.25, -0.2) is 4.98 Å². The summed E-state index contributed by atoms with van der Waals surface area (Å²) in [6, 6.07) is 12.0. The van der Waals surface area contributed by atoms with Gasteiger partial charge in [0, 0.05) is 31.9 Å². The number of carbonyl (C=O) groups is 1. The lowest BCUT2D eigenvalue weighted by Gasteiger charge is -2.43. The first-order chi connectivity index (χ1) is 12.1. The lowest BCUT2D eigenvalue weighted by Crippen LogP contribution is -2.51. The Morgan fingerprint density at radius 2 is 1.88 bits per heavy atom. The Morgan fingerprint density at radius 3 is 2.56 bits per heavy atom. The second-order valence-electron chi connectivity index (χ2n) is 7.05. The highest BCUT2D eigenvalue weighted by molar-refractivity contribution is 5.87. The third kappa shape index (κ3) is 2.71. The molecule has 2 N–H and O–H groups in total. The molecule has 1 spiro atoms. The summed E-state index contributed by atoms with van der Waals surface area (Å²) in [4.78, 5) is 25.4. The molecule has 130 valence electrons. The first-order valence-corrected chi connectivity index (χ1v) is 8.75. The zero-order chi connectivity index (χ0) is 17.4. The maximum atomic E-state index is 12.9. The van der Waals surface area contributed by atoms with E-state index in [2.05, 4.69) is 27.0 Å². The van der Waals surface area contributed by atoms with Gasteiger partial charge in [0.1, 0.15) is 5.82 Å². The summed E-state index contributed by atoms with van der Waals surface area (Å²) in [5, 5.41) is 0. The summed E-state index contributed by atoms with van der Waals surface area (Å²) in [5.41, 5.74) is 6.78. The number of nitrogens with two attached hydrogens (primary N) is 1. The molecule has 25 heavy (non-hydrogen) atoms. The van der Waals surface area contributed by atoms with Gasteiger partial charge in [0.15, 0.2) is 0 Å². The van der Waals surface area contributed by atoms with Gasteiger partial charge in [-0.2, -0.15) is 4.98 Å². The molecular weight excluding hydrogens is 314 g/mol. The molecule has 3 heterocycles.